The largest absolute Gasteiger partial charge is 0.463 e. The van der Waals surface area contributed by atoms with E-state index in [4.69, 9.17) is 15.6 Å². The van der Waals surface area contributed by atoms with Crippen LogP contribution >= 0.6 is 0 Å². The molecule has 2 N–H and O–H groups in total. The number of ether oxygens (including phenoxy) is 1. The number of benzene rings is 1. The predicted octanol–water partition coefficient (Wildman–Crippen LogP) is 5.46. The highest BCUT2D eigenvalue weighted by molar-refractivity contribution is 5.90. The van der Waals surface area contributed by atoms with Gasteiger partial charge in [-0.25, -0.2) is 14.8 Å². The molecule has 0 saturated heterocycles. The molecule has 3 heterocycles. The number of carbonyl (C=O) groups is 1. The van der Waals surface area contributed by atoms with E-state index in [-0.39, 0.29) is 6.61 Å². The number of hydrogen-bond donors (Lipinski definition) is 1. The molecule has 0 aliphatic carbocycles. The van der Waals surface area contributed by atoms with E-state index in [1.54, 1.807) is 29.8 Å². The quantitative estimate of drug-likeness (QED) is 0.141. The molecular weight excluding hydrogens is 490 g/mol. The van der Waals surface area contributed by atoms with Crippen molar-refractivity contribution in [2.24, 2.45) is 10.7 Å². The fraction of sp³-hybridized carbons (Fsp3) is 0.200. The van der Waals surface area contributed by atoms with Crippen LogP contribution in [-0.4, -0.2) is 38.7 Å². The molecule has 9 heteroatoms. The molecule has 4 rings (SSSR count). The van der Waals surface area contributed by atoms with Gasteiger partial charge in [0.2, 0.25) is 0 Å². The molecule has 0 radical (unpaired) electrons. The third kappa shape index (κ3) is 7.46. The minimum Gasteiger partial charge on any atom is -0.463 e. The Bertz CT molecular complexity index is 1530. The Morgan fingerprint density at radius 2 is 1.92 bits per heavy atom. The lowest BCUT2D eigenvalue weighted by Gasteiger charge is -2.07. The maximum Gasteiger partial charge on any atom is 0.330 e. The average molecular weight is 522 g/mol. The molecular formula is C30H31N7O2. The topological polar surface area (TPSA) is 132 Å². The summed E-state index contributed by atoms with van der Waals surface area (Å²) < 4.78 is 6.83. The van der Waals surface area contributed by atoms with Crippen LogP contribution in [0.1, 0.15) is 43.3 Å². The summed E-state index contributed by atoms with van der Waals surface area (Å²) in [5, 5.41) is 14.1. The van der Waals surface area contributed by atoms with E-state index in [9.17, 15) is 10.1 Å². The van der Waals surface area contributed by atoms with Crippen molar-refractivity contribution in [1.82, 2.24) is 19.7 Å². The Balaban J connectivity index is 0.00000205. The first-order valence-electron chi connectivity index (χ1n) is 12.6. The van der Waals surface area contributed by atoms with Crippen LogP contribution in [0.15, 0.2) is 71.9 Å². The third-order valence-electron chi connectivity index (χ3n) is 5.36. The zero-order valence-corrected chi connectivity index (χ0v) is 22.5. The highest BCUT2D eigenvalue weighted by Gasteiger charge is 2.18. The Kier molecular flexibility index (Phi) is 10.2. The molecule has 0 fully saturated rings. The van der Waals surface area contributed by atoms with Gasteiger partial charge in [0, 0.05) is 29.1 Å². The summed E-state index contributed by atoms with van der Waals surface area (Å²) in [6.07, 6.45) is 5.98. The first-order valence-corrected chi connectivity index (χ1v) is 12.6. The van der Waals surface area contributed by atoms with Gasteiger partial charge in [0.15, 0.2) is 5.82 Å². The molecule has 0 aliphatic heterocycles. The van der Waals surface area contributed by atoms with Gasteiger partial charge >= 0.3 is 5.97 Å². The fourth-order valence-electron chi connectivity index (χ4n) is 3.79. The Morgan fingerprint density at radius 1 is 1.13 bits per heavy atom. The van der Waals surface area contributed by atoms with Gasteiger partial charge in [-0.1, -0.05) is 32.0 Å². The second-order valence-electron chi connectivity index (χ2n) is 8.03. The predicted molar refractivity (Wildman–Crippen MR) is 153 cm³/mol. The van der Waals surface area contributed by atoms with E-state index < -0.39 is 5.97 Å². The number of hydrogen-bond acceptors (Lipinski definition) is 7. The zero-order chi connectivity index (χ0) is 28.2. The molecule has 0 atom stereocenters. The van der Waals surface area contributed by atoms with E-state index in [1.807, 2.05) is 69.4 Å². The fourth-order valence-corrected chi connectivity index (χ4v) is 3.79. The van der Waals surface area contributed by atoms with Gasteiger partial charge in [0.25, 0.3) is 0 Å². The van der Waals surface area contributed by atoms with Crippen molar-refractivity contribution in [3.63, 3.8) is 0 Å². The first kappa shape index (κ1) is 28.5. The number of carbonyl (C=O) groups excluding carboxylic acids is 1. The van der Waals surface area contributed by atoms with Gasteiger partial charge < -0.3 is 10.5 Å². The summed E-state index contributed by atoms with van der Waals surface area (Å²) in [5.41, 5.74) is 11.2. The zero-order valence-electron chi connectivity index (χ0n) is 22.5. The molecule has 1 aromatic carbocycles. The van der Waals surface area contributed by atoms with Gasteiger partial charge in [-0.2, -0.15) is 10.4 Å². The van der Waals surface area contributed by atoms with Crippen molar-refractivity contribution < 1.29 is 9.53 Å². The summed E-state index contributed by atoms with van der Waals surface area (Å²) in [7, 11) is 0. The van der Waals surface area contributed by atoms with Gasteiger partial charge in [-0.05, 0) is 61.9 Å². The van der Waals surface area contributed by atoms with Crippen LogP contribution in [0.4, 0.5) is 5.82 Å². The molecule has 0 amide bonds. The van der Waals surface area contributed by atoms with Gasteiger partial charge in [0.05, 0.1) is 42.5 Å². The summed E-state index contributed by atoms with van der Waals surface area (Å²) in [5.74, 6) is -0.0812. The minimum absolute atomic E-state index is 0.268. The molecule has 0 spiro atoms. The van der Waals surface area contributed by atoms with Crippen LogP contribution in [0.25, 0.3) is 28.6 Å². The number of nitriles is 1. The van der Waals surface area contributed by atoms with E-state index in [2.05, 4.69) is 21.0 Å². The number of esters is 1. The van der Waals surface area contributed by atoms with Crippen LogP contribution < -0.4 is 5.73 Å². The van der Waals surface area contributed by atoms with Gasteiger partial charge in [-0.3, -0.25) is 9.67 Å². The smallest absolute Gasteiger partial charge is 0.330 e. The highest BCUT2D eigenvalue weighted by Crippen LogP contribution is 2.34. The summed E-state index contributed by atoms with van der Waals surface area (Å²) in [6.45, 7) is 8.38. The van der Waals surface area contributed by atoms with Crippen molar-refractivity contribution in [3.05, 3.63) is 89.4 Å². The second-order valence-corrected chi connectivity index (χ2v) is 8.03. The van der Waals surface area contributed by atoms with Crippen molar-refractivity contribution in [2.45, 2.75) is 34.2 Å². The Hall–Kier alpha value is -5.10. The van der Waals surface area contributed by atoms with Crippen molar-refractivity contribution in [1.29, 1.82) is 5.26 Å². The lowest BCUT2D eigenvalue weighted by atomic mass is 10.0. The SMILES string of the molecule is CC.CCOC(=O)/C=C/c1nc(N=CN)ccc1-c1cn(Cc2cccc(C#N)c2)nc1-c1cccc(C)n1. The van der Waals surface area contributed by atoms with Crippen LogP contribution in [0.5, 0.6) is 0 Å². The molecule has 39 heavy (non-hydrogen) atoms. The maximum atomic E-state index is 12.0. The number of nitrogens with zero attached hydrogens (tertiary/aromatic N) is 6. The molecule has 9 nitrogen and oxygen atoms in total. The number of pyridine rings is 2. The third-order valence-corrected chi connectivity index (χ3v) is 5.36. The average Bonchev–Trinajstić information content (AvgIpc) is 3.37. The first-order chi connectivity index (χ1) is 19.0. The van der Waals surface area contributed by atoms with Gasteiger partial charge in [-0.15, -0.1) is 0 Å². The van der Waals surface area contributed by atoms with E-state index in [0.717, 1.165) is 28.7 Å². The van der Waals surface area contributed by atoms with Crippen molar-refractivity contribution >= 4 is 24.2 Å². The van der Waals surface area contributed by atoms with Crippen molar-refractivity contribution in [2.75, 3.05) is 6.61 Å². The number of aliphatic imine (C=N–C) groups is 1. The Labute approximate surface area is 228 Å². The summed E-state index contributed by atoms with van der Waals surface area (Å²) >= 11 is 0. The second kappa shape index (κ2) is 14.0. The standard InChI is InChI=1S/C28H25N7O2.C2H6/c1-3-37-27(36)13-11-24-22(10-12-26(33-24)31-18-30)23-17-35(16-21-8-5-7-20(14-21)15-29)34-28(23)25-9-4-6-19(2)32-25;1-2/h4-14,17-18H,3,16H2,1-2H3,(H2,30,31,33);1-2H3/b13-11+;. The van der Waals surface area contributed by atoms with Crippen LogP contribution in [0.3, 0.4) is 0 Å². The summed E-state index contributed by atoms with van der Waals surface area (Å²) in [4.78, 5) is 25.3. The molecule has 0 saturated carbocycles. The molecule has 4 aromatic rings. The van der Waals surface area contributed by atoms with E-state index >= 15 is 0 Å². The lowest BCUT2D eigenvalue weighted by molar-refractivity contribution is -0.137. The van der Waals surface area contributed by atoms with Gasteiger partial charge in [0.1, 0.15) is 5.69 Å². The number of rotatable bonds is 8. The van der Waals surface area contributed by atoms with E-state index in [0.29, 0.717) is 35.0 Å². The highest BCUT2D eigenvalue weighted by atomic mass is 16.5. The number of aryl methyl sites for hydroxylation is 1. The van der Waals surface area contributed by atoms with Crippen molar-refractivity contribution in [3.8, 4) is 28.6 Å². The monoisotopic (exact) mass is 521 g/mol. The maximum absolute atomic E-state index is 12.0. The molecule has 0 aliphatic rings. The number of aromatic nitrogens is 4. The normalized spacial score (nSPS) is 10.7. The molecule has 198 valence electrons. The molecule has 0 unspecified atom stereocenters. The molecule has 0 bridgehead atoms. The Morgan fingerprint density at radius 3 is 2.64 bits per heavy atom. The minimum atomic E-state index is -0.475. The summed E-state index contributed by atoms with van der Waals surface area (Å²) in [6, 6.07) is 18.9. The lowest BCUT2D eigenvalue weighted by Crippen LogP contribution is -2.01. The van der Waals surface area contributed by atoms with Crippen LogP contribution in [-0.2, 0) is 16.1 Å². The number of nitrogens with two attached hydrogens (primary N) is 1. The molecule has 3 aromatic heterocycles. The van der Waals surface area contributed by atoms with Crippen LogP contribution in [0.2, 0.25) is 0 Å². The van der Waals surface area contributed by atoms with Crippen LogP contribution in [0, 0.1) is 18.3 Å². The van der Waals surface area contributed by atoms with E-state index in [1.165, 1.54) is 6.08 Å².